The van der Waals surface area contributed by atoms with Gasteiger partial charge >= 0.3 is 5.97 Å². The van der Waals surface area contributed by atoms with Gasteiger partial charge in [-0.3, -0.25) is 0 Å². The van der Waals surface area contributed by atoms with Gasteiger partial charge in [0.05, 0.1) is 17.7 Å². The normalized spacial score (nSPS) is 11.2. The first kappa shape index (κ1) is 15.4. The van der Waals surface area contributed by atoms with E-state index in [1.54, 1.807) is 12.1 Å². The van der Waals surface area contributed by atoms with Crippen molar-refractivity contribution in [2.45, 2.75) is 13.2 Å². The van der Waals surface area contributed by atoms with Crippen LogP contribution in [0.1, 0.15) is 21.5 Å². The van der Waals surface area contributed by atoms with Crippen molar-refractivity contribution in [3.63, 3.8) is 0 Å². The lowest BCUT2D eigenvalue weighted by molar-refractivity contribution is 0.0697. The molecule has 0 atom stereocenters. The smallest absolute Gasteiger partial charge is 0.335 e. The molecule has 0 aliphatic rings. The number of fused-ring (bicyclic) bond motifs is 3. The summed E-state index contributed by atoms with van der Waals surface area (Å²) in [4.78, 5) is 11.4. The molecule has 124 valence electrons. The zero-order chi connectivity index (χ0) is 17.4. The summed E-state index contributed by atoms with van der Waals surface area (Å²) in [5.41, 5.74) is 4.17. The molecule has 0 bridgehead atoms. The summed E-state index contributed by atoms with van der Waals surface area (Å²) in [6, 6.07) is 21.1. The molecular weight excluding hydrogens is 314 g/mol. The molecule has 0 fully saturated rings. The van der Waals surface area contributed by atoms with Gasteiger partial charge in [-0.1, -0.05) is 48.5 Å². The topological polar surface area (TPSA) is 62.5 Å². The van der Waals surface area contributed by atoms with Crippen LogP contribution in [0.5, 0.6) is 0 Å². The monoisotopic (exact) mass is 331 g/mol. The molecule has 4 rings (SSSR count). The van der Waals surface area contributed by atoms with Gasteiger partial charge in [-0.25, -0.2) is 4.79 Å². The van der Waals surface area contributed by atoms with Crippen LogP contribution >= 0.6 is 0 Å². The fourth-order valence-electron chi connectivity index (χ4n) is 3.36. The molecule has 0 unspecified atom stereocenters. The van der Waals surface area contributed by atoms with Crippen LogP contribution in [0.2, 0.25) is 0 Å². The second kappa shape index (κ2) is 6.07. The Hall–Kier alpha value is -3.11. The Morgan fingerprint density at radius 1 is 0.840 bits per heavy atom. The quantitative estimate of drug-likeness (QED) is 0.593. The van der Waals surface area contributed by atoms with Crippen LogP contribution in [0.3, 0.4) is 0 Å². The predicted molar refractivity (Wildman–Crippen MR) is 97.9 cm³/mol. The third kappa shape index (κ3) is 2.66. The summed E-state index contributed by atoms with van der Waals surface area (Å²) in [6.45, 7) is 0.616. The number of aliphatic hydroxyl groups is 1. The molecule has 0 aliphatic heterocycles. The van der Waals surface area contributed by atoms with E-state index >= 15 is 0 Å². The maximum Gasteiger partial charge on any atom is 0.335 e. The summed E-state index contributed by atoms with van der Waals surface area (Å²) >= 11 is 0. The van der Waals surface area contributed by atoms with E-state index < -0.39 is 5.97 Å². The van der Waals surface area contributed by atoms with Crippen molar-refractivity contribution in [2.75, 3.05) is 0 Å². The van der Waals surface area contributed by atoms with Gasteiger partial charge in [0, 0.05) is 22.8 Å². The summed E-state index contributed by atoms with van der Waals surface area (Å²) in [5, 5.41) is 20.8. The maximum absolute atomic E-state index is 11.4. The highest BCUT2D eigenvalue weighted by Crippen LogP contribution is 2.30. The summed E-state index contributed by atoms with van der Waals surface area (Å²) in [5.74, 6) is -0.930. The molecule has 0 amide bonds. The van der Waals surface area contributed by atoms with E-state index in [0.29, 0.717) is 6.54 Å². The van der Waals surface area contributed by atoms with Crippen molar-refractivity contribution < 1.29 is 15.0 Å². The first-order valence-electron chi connectivity index (χ1n) is 8.10. The van der Waals surface area contributed by atoms with Gasteiger partial charge in [0.15, 0.2) is 0 Å². The number of nitrogens with zero attached hydrogens (tertiary/aromatic N) is 1. The van der Waals surface area contributed by atoms with Crippen LogP contribution in [0.15, 0.2) is 66.7 Å². The molecule has 4 aromatic rings. The van der Waals surface area contributed by atoms with Crippen LogP contribution in [0.25, 0.3) is 21.8 Å². The molecule has 2 N–H and O–H groups in total. The van der Waals surface area contributed by atoms with E-state index in [1.165, 1.54) is 0 Å². The summed E-state index contributed by atoms with van der Waals surface area (Å²) < 4.78 is 2.13. The van der Waals surface area contributed by atoms with Crippen molar-refractivity contribution in [2.24, 2.45) is 0 Å². The molecule has 1 aromatic heterocycles. The Labute approximate surface area is 144 Å². The molecule has 3 aromatic carbocycles. The van der Waals surface area contributed by atoms with Crippen molar-refractivity contribution in [3.05, 3.63) is 83.4 Å². The molecule has 4 heteroatoms. The first-order valence-corrected chi connectivity index (χ1v) is 8.10. The third-order valence-electron chi connectivity index (χ3n) is 4.54. The molecule has 0 saturated carbocycles. The van der Waals surface area contributed by atoms with Crippen LogP contribution in [0, 0.1) is 0 Å². The fraction of sp³-hybridized carbons (Fsp3) is 0.0952. The van der Waals surface area contributed by atoms with E-state index in [9.17, 15) is 15.0 Å². The van der Waals surface area contributed by atoms with Crippen LogP contribution in [-0.4, -0.2) is 20.7 Å². The average molecular weight is 331 g/mol. The second-order valence-corrected chi connectivity index (χ2v) is 6.12. The van der Waals surface area contributed by atoms with Gasteiger partial charge in [-0.15, -0.1) is 0 Å². The zero-order valence-corrected chi connectivity index (χ0v) is 13.5. The van der Waals surface area contributed by atoms with E-state index in [0.717, 1.165) is 32.9 Å². The number of carboxylic acids is 1. The minimum absolute atomic E-state index is 0.00414. The molecule has 0 saturated heterocycles. The Bertz CT molecular complexity index is 1090. The number of aliphatic hydroxyl groups excluding tert-OH is 1. The van der Waals surface area contributed by atoms with Crippen molar-refractivity contribution in [1.29, 1.82) is 0 Å². The Balaban J connectivity index is 1.95. The van der Waals surface area contributed by atoms with E-state index in [4.69, 9.17) is 0 Å². The minimum atomic E-state index is -0.930. The predicted octanol–water partition coefficient (Wildman–Crippen LogP) is 4.03. The summed E-state index contributed by atoms with van der Waals surface area (Å²) in [7, 11) is 0. The molecule has 0 spiro atoms. The van der Waals surface area contributed by atoms with Gasteiger partial charge in [0.2, 0.25) is 0 Å². The van der Waals surface area contributed by atoms with E-state index in [1.807, 2.05) is 48.5 Å². The third-order valence-corrected chi connectivity index (χ3v) is 4.54. The number of carboxylic acid groups (broad SMARTS) is 1. The number of carbonyl (C=O) groups is 1. The standard InChI is InChI=1S/C21H17NO3/c23-13-15-5-3-4-14(10-15)12-22-19-7-2-1-6-17(19)18-9-8-16(21(24)25)11-20(18)22/h1-11,23H,12-13H2,(H,24,25). The van der Waals surface area contributed by atoms with Gasteiger partial charge in [-0.2, -0.15) is 0 Å². The zero-order valence-electron chi connectivity index (χ0n) is 13.5. The van der Waals surface area contributed by atoms with Gasteiger partial charge in [-0.05, 0) is 29.3 Å². The minimum Gasteiger partial charge on any atom is -0.478 e. The second-order valence-electron chi connectivity index (χ2n) is 6.12. The number of rotatable bonds is 4. The molecule has 4 nitrogen and oxygen atoms in total. The summed E-state index contributed by atoms with van der Waals surface area (Å²) in [6.07, 6.45) is 0. The fourth-order valence-corrected chi connectivity index (χ4v) is 3.36. The molecule has 1 heterocycles. The lowest BCUT2D eigenvalue weighted by Crippen LogP contribution is -2.01. The molecule has 0 aliphatic carbocycles. The van der Waals surface area contributed by atoms with E-state index in [2.05, 4.69) is 10.6 Å². The lowest BCUT2D eigenvalue weighted by Gasteiger charge is -2.09. The van der Waals surface area contributed by atoms with E-state index in [-0.39, 0.29) is 12.2 Å². The molecular formula is C21H17NO3. The van der Waals surface area contributed by atoms with Gasteiger partial charge < -0.3 is 14.8 Å². The van der Waals surface area contributed by atoms with Crippen LogP contribution in [0.4, 0.5) is 0 Å². The number of hydrogen-bond acceptors (Lipinski definition) is 2. The highest BCUT2D eigenvalue weighted by molar-refractivity contribution is 6.09. The van der Waals surface area contributed by atoms with Gasteiger partial charge in [0.1, 0.15) is 0 Å². The first-order chi connectivity index (χ1) is 12.2. The molecule has 0 radical (unpaired) electrons. The van der Waals surface area contributed by atoms with Crippen molar-refractivity contribution in [1.82, 2.24) is 4.57 Å². The molecule has 25 heavy (non-hydrogen) atoms. The maximum atomic E-state index is 11.4. The van der Waals surface area contributed by atoms with Crippen molar-refractivity contribution in [3.8, 4) is 0 Å². The number of benzene rings is 3. The highest BCUT2D eigenvalue weighted by Gasteiger charge is 2.13. The largest absolute Gasteiger partial charge is 0.478 e. The highest BCUT2D eigenvalue weighted by atomic mass is 16.4. The lowest BCUT2D eigenvalue weighted by atomic mass is 10.1. The average Bonchev–Trinajstić information content (AvgIpc) is 2.95. The number of para-hydroxylation sites is 1. The Kier molecular flexibility index (Phi) is 3.75. The number of aromatic carboxylic acids is 1. The van der Waals surface area contributed by atoms with Crippen LogP contribution in [-0.2, 0) is 13.2 Å². The van der Waals surface area contributed by atoms with Gasteiger partial charge in [0.25, 0.3) is 0 Å². The Morgan fingerprint density at radius 2 is 1.60 bits per heavy atom. The number of hydrogen-bond donors (Lipinski definition) is 2. The SMILES string of the molecule is O=C(O)c1ccc2c3ccccc3n(Cc3cccc(CO)c3)c2c1. The van der Waals surface area contributed by atoms with Crippen molar-refractivity contribution >= 4 is 27.8 Å². The van der Waals surface area contributed by atoms with Crippen LogP contribution < -0.4 is 0 Å². The number of aromatic nitrogens is 1. The Morgan fingerprint density at radius 3 is 2.40 bits per heavy atom.